The van der Waals surface area contributed by atoms with E-state index in [0.717, 1.165) is 0 Å². The second-order valence-corrected chi connectivity index (χ2v) is 2.74. The zero-order valence-electron chi connectivity index (χ0n) is 8.24. The molecular weight excluding hydrogens is 200 g/mol. The molecule has 15 heavy (non-hydrogen) atoms. The molecule has 1 aromatic rings. The molecule has 0 saturated heterocycles. The molecule has 7 heteroatoms. The van der Waals surface area contributed by atoms with Crippen molar-refractivity contribution in [2.24, 2.45) is 5.73 Å². The quantitative estimate of drug-likeness (QED) is 0.537. The van der Waals surface area contributed by atoms with Crippen LogP contribution in [0.15, 0.2) is 6.33 Å². The molecule has 0 saturated carbocycles. The summed E-state index contributed by atoms with van der Waals surface area (Å²) in [4.78, 5) is 28.5. The Hall–Kier alpha value is -1.89. The molecule has 4 N–H and O–H groups in total. The van der Waals surface area contributed by atoms with Gasteiger partial charge >= 0.3 is 0 Å². The average Bonchev–Trinajstić information content (AvgIpc) is 2.66. The smallest absolute Gasteiger partial charge is 0.270 e. The van der Waals surface area contributed by atoms with Gasteiger partial charge in [0.05, 0.1) is 12.9 Å². The van der Waals surface area contributed by atoms with Gasteiger partial charge in [-0.05, 0) is 0 Å². The van der Waals surface area contributed by atoms with Gasteiger partial charge in [0.15, 0.2) is 5.69 Å². The van der Waals surface area contributed by atoms with E-state index in [9.17, 15) is 9.59 Å². The van der Waals surface area contributed by atoms with E-state index < -0.39 is 11.8 Å². The summed E-state index contributed by atoms with van der Waals surface area (Å²) in [5, 5.41) is 2.54. The minimum atomic E-state index is -0.742. The van der Waals surface area contributed by atoms with Crippen LogP contribution in [0.3, 0.4) is 0 Å². The number of amides is 2. The van der Waals surface area contributed by atoms with Crippen molar-refractivity contribution in [3.05, 3.63) is 17.7 Å². The van der Waals surface area contributed by atoms with Crippen molar-refractivity contribution in [1.82, 2.24) is 15.3 Å². The van der Waals surface area contributed by atoms with E-state index >= 15 is 0 Å². The minimum Gasteiger partial charge on any atom is -0.383 e. The van der Waals surface area contributed by atoms with Crippen LogP contribution in [0.2, 0.25) is 0 Å². The lowest BCUT2D eigenvalue weighted by Crippen LogP contribution is -2.29. The van der Waals surface area contributed by atoms with Crippen molar-refractivity contribution in [1.29, 1.82) is 0 Å². The van der Waals surface area contributed by atoms with Crippen molar-refractivity contribution >= 4 is 11.8 Å². The fourth-order valence-corrected chi connectivity index (χ4v) is 1.01. The molecule has 0 aliphatic rings. The Bertz CT molecular complexity index is 361. The number of hydrogen-bond acceptors (Lipinski definition) is 4. The normalized spacial score (nSPS) is 9.93. The Morgan fingerprint density at radius 3 is 3.00 bits per heavy atom. The Labute approximate surface area is 86.0 Å². The molecular formula is C8H12N4O3. The number of primary amides is 1. The van der Waals surface area contributed by atoms with Crippen LogP contribution in [0.4, 0.5) is 0 Å². The minimum absolute atomic E-state index is 0.0649. The number of rotatable bonds is 5. The molecule has 1 heterocycles. The lowest BCUT2D eigenvalue weighted by molar-refractivity contribution is 0.0918. The number of carbonyl (C=O) groups excluding carboxylic acids is 2. The Balaban J connectivity index is 2.65. The lowest BCUT2D eigenvalue weighted by atomic mass is 10.3. The van der Waals surface area contributed by atoms with Crippen molar-refractivity contribution in [2.45, 2.75) is 0 Å². The first-order valence-electron chi connectivity index (χ1n) is 4.27. The highest BCUT2D eigenvalue weighted by molar-refractivity contribution is 6.04. The van der Waals surface area contributed by atoms with E-state index in [1.165, 1.54) is 13.4 Å². The largest absolute Gasteiger partial charge is 0.383 e. The number of ether oxygens (including phenoxy) is 1. The fourth-order valence-electron chi connectivity index (χ4n) is 1.01. The molecule has 0 spiro atoms. The van der Waals surface area contributed by atoms with Crippen LogP contribution in [0, 0.1) is 0 Å². The lowest BCUT2D eigenvalue weighted by Gasteiger charge is -2.02. The maximum Gasteiger partial charge on any atom is 0.270 e. The van der Waals surface area contributed by atoms with Crippen molar-refractivity contribution in [3.63, 3.8) is 0 Å². The van der Waals surface area contributed by atoms with Gasteiger partial charge < -0.3 is 20.8 Å². The second-order valence-electron chi connectivity index (χ2n) is 2.74. The summed E-state index contributed by atoms with van der Waals surface area (Å²) >= 11 is 0. The van der Waals surface area contributed by atoms with Crippen LogP contribution < -0.4 is 11.1 Å². The summed E-state index contributed by atoms with van der Waals surface area (Å²) in [5.74, 6) is -1.17. The zero-order valence-corrected chi connectivity index (χ0v) is 8.24. The monoisotopic (exact) mass is 212 g/mol. The Morgan fingerprint density at radius 2 is 2.40 bits per heavy atom. The first-order chi connectivity index (χ1) is 7.16. The van der Waals surface area contributed by atoms with Gasteiger partial charge in [-0.25, -0.2) is 4.98 Å². The summed E-state index contributed by atoms with van der Waals surface area (Å²) in [6.45, 7) is 0.748. The summed E-state index contributed by atoms with van der Waals surface area (Å²) in [5.41, 5.74) is 5.03. The number of nitrogens with two attached hydrogens (primary N) is 1. The number of methoxy groups -OCH3 is 1. The van der Waals surface area contributed by atoms with Crippen molar-refractivity contribution < 1.29 is 14.3 Å². The molecule has 2 amide bonds. The fraction of sp³-hybridized carbons (Fsp3) is 0.375. The second kappa shape index (κ2) is 5.11. The van der Waals surface area contributed by atoms with Gasteiger partial charge in [-0.2, -0.15) is 0 Å². The van der Waals surface area contributed by atoms with Crippen LogP contribution >= 0.6 is 0 Å². The van der Waals surface area contributed by atoms with Crippen molar-refractivity contribution in [3.8, 4) is 0 Å². The van der Waals surface area contributed by atoms with Crippen LogP contribution in [0.25, 0.3) is 0 Å². The zero-order chi connectivity index (χ0) is 11.3. The first kappa shape index (κ1) is 11.2. The van der Waals surface area contributed by atoms with Crippen LogP contribution in [-0.2, 0) is 4.74 Å². The van der Waals surface area contributed by atoms with E-state index in [1.807, 2.05) is 0 Å². The Kier molecular flexibility index (Phi) is 3.81. The molecule has 7 nitrogen and oxygen atoms in total. The molecule has 1 aromatic heterocycles. The topological polar surface area (TPSA) is 110 Å². The molecule has 0 bridgehead atoms. The van der Waals surface area contributed by atoms with Crippen LogP contribution in [0.5, 0.6) is 0 Å². The molecule has 0 radical (unpaired) electrons. The number of carbonyl (C=O) groups is 2. The first-order valence-corrected chi connectivity index (χ1v) is 4.27. The predicted octanol–water partition coefficient (Wildman–Crippen LogP) is -1.12. The maximum atomic E-state index is 11.5. The number of nitrogens with zero attached hydrogens (tertiary/aromatic N) is 1. The highest BCUT2D eigenvalue weighted by Crippen LogP contribution is 2.00. The Morgan fingerprint density at radius 1 is 1.67 bits per heavy atom. The highest BCUT2D eigenvalue weighted by atomic mass is 16.5. The molecule has 0 aromatic carbocycles. The van der Waals surface area contributed by atoms with E-state index in [2.05, 4.69) is 15.3 Å². The number of imidazole rings is 1. The third kappa shape index (κ3) is 2.78. The summed E-state index contributed by atoms with van der Waals surface area (Å²) in [7, 11) is 1.52. The third-order valence-electron chi connectivity index (χ3n) is 1.69. The molecule has 82 valence electrons. The molecule has 0 fully saturated rings. The maximum absolute atomic E-state index is 11.5. The number of hydrogen-bond donors (Lipinski definition) is 3. The SMILES string of the molecule is COCCNC(=O)c1[nH]cnc1C(N)=O. The number of nitrogens with one attached hydrogen (secondary N) is 2. The van der Waals surface area contributed by atoms with Gasteiger partial charge in [0.2, 0.25) is 0 Å². The number of H-pyrrole nitrogens is 1. The van der Waals surface area contributed by atoms with Gasteiger partial charge in [0.25, 0.3) is 11.8 Å². The van der Waals surface area contributed by atoms with Crippen LogP contribution in [0.1, 0.15) is 21.0 Å². The number of aromatic nitrogens is 2. The summed E-state index contributed by atoms with van der Waals surface area (Å²) < 4.78 is 4.76. The van der Waals surface area contributed by atoms with E-state index in [0.29, 0.717) is 13.2 Å². The predicted molar refractivity (Wildman–Crippen MR) is 51.3 cm³/mol. The van der Waals surface area contributed by atoms with Crippen molar-refractivity contribution in [2.75, 3.05) is 20.3 Å². The summed E-state index contributed by atoms with van der Waals surface area (Å²) in [6, 6.07) is 0. The summed E-state index contributed by atoms with van der Waals surface area (Å²) in [6.07, 6.45) is 1.24. The third-order valence-corrected chi connectivity index (χ3v) is 1.69. The van der Waals surface area contributed by atoms with E-state index in [1.54, 1.807) is 0 Å². The van der Waals surface area contributed by atoms with Crippen LogP contribution in [-0.4, -0.2) is 42.0 Å². The molecule has 0 unspecified atom stereocenters. The van der Waals surface area contributed by atoms with Gasteiger partial charge in [0.1, 0.15) is 5.69 Å². The highest BCUT2D eigenvalue weighted by Gasteiger charge is 2.17. The van der Waals surface area contributed by atoms with Gasteiger partial charge in [0, 0.05) is 13.7 Å². The molecule has 0 aliphatic carbocycles. The van der Waals surface area contributed by atoms with Gasteiger partial charge in [-0.3, -0.25) is 9.59 Å². The van der Waals surface area contributed by atoms with E-state index in [4.69, 9.17) is 10.5 Å². The van der Waals surface area contributed by atoms with Gasteiger partial charge in [-0.1, -0.05) is 0 Å². The van der Waals surface area contributed by atoms with E-state index in [-0.39, 0.29) is 11.4 Å². The van der Waals surface area contributed by atoms with Gasteiger partial charge in [-0.15, -0.1) is 0 Å². The average molecular weight is 212 g/mol. The molecule has 0 aliphatic heterocycles. The molecule has 0 atom stereocenters. The standard InChI is InChI=1S/C8H12N4O3/c1-15-3-2-10-8(14)6-5(7(9)13)11-4-12-6/h4H,2-3H2,1H3,(H2,9,13)(H,10,14)(H,11,12). The molecule has 1 rings (SSSR count). The number of aromatic amines is 1.